The van der Waals surface area contributed by atoms with Crippen molar-refractivity contribution in [1.29, 1.82) is 0 Å². The Morgan fingerprint density at radius 2 is 1.96 bits per heavy atom. The molecular formula is C19H20ClFN2O4S. The van der Waals surface area contributed by atoms with E-state index in [0.717, 1.165) is 6.07 Å². The molecule has 2 aromatic carbocycles. The molecule has 0 spiro atoms. The number of nitrogens with two attached hydrogens (primary N) is 1. The molecule has 9 heteroatoms. The summed E-state index contributed by atoms with van der Waals surface area (Å²) in [5, 5.41) is 0.567. The highest BCUT2D eigenvalue weighted by Crippen LogP contribution is 2.29. The zero-order chi connectivity index (χ0) is 20.3. The number of rotatable bonds is 6. The van der Waals surface area contributed by atoms with Gasteiger partial charge in [-0.05, 0) is 48.9 Å². The highest BCUT2D eigenvalue weighted by molar-refractivity contribution is 7.89. The maximum atomic E-state index is 13.5. The summed E-state index contributed by atoms with van der Waals surface area (Å²) in [6.45, 7) is 0.242. The van der Waals surface area contributed by atoms with Gasteiger partial charge in [0.25, 0.3) is 0 Å². The van der Waals surface area contributed by atoms with Crippen molar-refractivity contribution in [2.75, 3.05) is 13.1 Å². The van der Waals surface area contributed by atoms with E-state index in [1.54, 1.807) is 24.3 Å². The van der Waals surface area contributed by atoms with Crippen molar-refractivity contribution in [2.45, 2.75) is 23.8 Å². The van der Waals surface area contributed by atoms with Gasteiger partial charge in [-0.1, -0.05) is 17.7 Å². The molecule has 0 aromatic heterocycles. The summed E-state index contributed by atoms with van der Waals surface area (Å²) < 4.78 is 46.4. The zero-order valence-electron chi connectivity index (χ0n) is 14.9. The van der Waals surface area contributed by atoms with Gasteiger partial charge in [0, 0.05) is 30.5 Å². The minimum atomic E-state index is -3.89. The highest BCUT2D eigenvalue weighted by atomic mass is 35.5. The number of primary amides is 1. The van der Waals surface area contributed by atoms with Crippen LogP contribution in [0.3, 0.4) is 0 Å². The number of nitrogens with zero attached hydrogens (tertiary/aromatic N) is 1. The minimum absolute atomic E-state index is 0.0204. The van der Waals surface area contributed by atoms with Crippen LogP contribution in [0.4, 0.5) is 4.39 Å². The van der Waals surface area contributed by atoms with Gasteiger partial charge in [-0.2, -0.15) is 4.31 Å². The van der Waals surface area contributed by atoms with Gasteiger partial charge in [0.05, 0.1) is 4.90 Å². The summed E-state index contributed by atoms with van der Waals surface area (Å²) in [4.78, 5) is 11.4. The maximum Gasteiger partial charge on any atom is 0.243 e. The molecule has 1 aliphatic heterocycles. The van der Waals surface area contributed by atoms with Gasteiger partial charge in [-0.15, -0.1) is 0 Å². The Labute approximate surface area is 168 Å². The van der Waals surface area contributed by atoms with Crippen molar-refractivity contribution in [3.05, 3.63) is 59.4 Å². The molecule has 0 radical (unpaired) electrons. The van der Waals surface area contributed by atoms with Crippen LogP contribution in [0.2, 0.25) is 5.02 Å². The molecule has 150 valence electrons. The quantitative estimate of drug-likeness (QED) is 0.769. The third kappa shape index (κ3) is 4.81. The number of hydrogen-bond donors (Lipinski definition) is 1. The molecule has 1 fully saturated rings. The van der Waals surface area contributed by atoms with Crippen molar-refractivity contribution >= 4 is 27.5 Å². The number of amides is 1. The fourth-order valence-corrected chi connectivity index (χ4v) is 4.94. The lowest BCUT2D eigenvalue weighted by Gasteiger charge is -2.37. The van der Waals surface area contributed by atoms with Gasteiger partial charge in [-0.25, -0.2) is 12.8 Å². The summed E-state index contributed by atoms with van der Waals surface area (Å²) in [7, 11) is -3.89. The van der Waals surface area contributed by atoms with Crippen molar-refractivity contribution in [3.8, 4) is 5.75 Å². The van der Waals surface area contributed by atoms with E-state index in [0.29, 0.717) is 17.2 Å². The molecule has 2 N–H and O–H groups in total. The summed E-state index contributed by atoms with van der Waals surface area (Å²) >= 11 is 5.87. The average Bonchev–Trinajstić information content (AvgIpc) is 2.64. The van der Waals surface area contributed by atoms with Gasteiger partial charge < -0.3 is 10.5 Å². The van der Waals surface area contributed by atoms with Gasteiger partial charge in [0.1, 0.15) is 17.7 Å². The molecular weight excluding hydrogens is 407 g/mol. The molecule has 1 heterocycles. The van der Waals surface area contributed by atoms with Crippen LogP contribution in [0.15, 0.2) is 53.4 Å². The Hall–Kier alpha value is -2.16. The van der Waals surface area contributed by atoms with Gasteiger partial charge in [0.15, 0.2) is 0 Å². The monoisotopic (exact) mass is 426 g/mol. The second kappa shape index (κ2) is 8.46. The van der Waals surface area contributed by atoms with E-state index in [1.165, 1.54) is 22.5 Å². The molecule has 0 unspecified atom stereocenters. The Balaban J connectivity index is 1.79. The predicted octanol–water partition coefficient (Wildman–Crippen LogP) is 2.81. The van der Waals surface area contributed by atoms with Crippen LogP contribution < -0.4 is 10.5 Å². The topological polar surface area (TPSA) is 89.7 Å². The molecule has 1 amide bonds. The first-order chi connectivity index (χ1) is 13.3. The summed E-state index contributed by atoms with van der Waals surface area (Å²) in [5.41, 5.74) is 5.35. The van der Waals surface area contributed by atoms with Crippen molar-refractivity contribution < 1.29 is 22.3 Å². The third-order valence-corrected chi connectivity index (χ3v) is 6.74. The van der Waals surface area contributed by atoms with Crippen molar-refractivity contribution in [2.24, 2.45) is 11.7 Å². The SMILES string of the molecule is NC(=O)C[C@H]1CN(S(=O)(=O)c2cccc(F)c2)CC[C@@H]1Oc1ccc(Cl)cc1. The standard InChI is InChI=1S/C19H20ClFN2O4S/c20-14-4-6-16(7-5-14)27-18-8-9-23(12-13(18)10-19(22)24)28(25,26)17-3-1-2-15(21)11-17/h1-7,11,13,18H,8-10,12H2,(H2,22,24)/t13-,18-/m0/s1. The molecule has 28 heavy (non-hydrogen) atoms. The predicted molar refractivity (Wildman–Crippen MR) is 103 cm³/mol. The van der Waals surface area contributed by atoms with Crippen LogP contribution in [0, 0.1) is 11.7 Å². The largest absolute Gasteiger partial charge is 0.490 e. The third-order valence-electron chi connectivity index (χ3n) is 4.63. The van der Waals surface area contributed by atoms with E-state index in [-0.39, 0.29) is 30.5 Å². The molecule has 2 aromatic rings. The molecule has 1 aliphatic rings. The van der Waals surface area contributed by atoms with Crippen LogP contribution in [-0.4, -0.2) is 37.8 Å². The van der Waals surface area contributed by atoms with Gasteiger partial charge in [-0.3, -0.25) is 4.79 Å². The lowest BCUT2D eigenvalue weighted by Crippen LogP contribution is -2.48. The molecule has 2 atom stereocenters. The first kappa shape index (κ1) is 20.6. The second-order valence-electron chi connectivity index (χ2n) is 6.65. The normalized spacial score (nSPS) is 20.6. The Morgan fingerprint density at radius 1 is 1.25 bits per heavy atom. The van der Waals surface area contributed by atoms with E-state index in [1.807, 2.05) is 0 Å². The number of benzene rings is 2. The molecule has 6 nitrogen and oxygen atoms in total. The van der Waals surface area contributed by atoms with E-state index >= 15 is 0 Å². The zero-order valence-corrected chi connectivity index (χ0v) is 16.5. The van der Waals surface area contributed by atoms with Crippen LogP contribution in [0.1, 0.15) is 12.8 Å². The first-order valence-corrected chi connectivity index (χ1v) is 10.5. The van der Waals surface area contributed by atoms with Crippen molar-refractivity contribution in [1.82, 2.24) is 4.31 Å². The fourth-order valence-electron chi connectivity index (χ4n) is 3.27. The molecule has 3 rings (SSSR count). The van der Waals surface area contributed by atoms with E-state index < -0.39 is 27.7 Å². The number of halogens is 2. The number of sulfonamides is 1. The Kier molecular flexibility index (Phi) is 6.22. The van der Waals surface area contributed by atoms with Gasteiger partial charge in [0.2, 0.25) is 15.9 Å². The summed E-state index contributed by atoms with van der Waals surface area (Å²) in [5.74, 6) is -1.02. The van der Waals surface area contributed by atoms with E-state index in [4.69, 9.17) is 22.1 Å². The second-order valence-corrected chi connectivity index (χ2v) is 9.02. The summed E-state index contributed by atoms with van der Waals surface area (Å²) in [6, 6.07) is 11.6. The number of ether oxygens (including phenoxy) is 1. The van der Waals surface area contributed by atoms with E-state index in [2.05, 4.69) is 0 Å². The summed E-state index contributed by atoms with van der Waals surface area (Å²) in [6.07, 6.45) is -0.0321. The lowest BCUT2D eigenvalue weighted by atomic mass is 9.92. The maximum absolute atomic E-state index is 13.5. The lowest BCUT2D eigenvalue weighted by molar-refractivity contribution is -0.120. The number of hydrogen-bond acceptors (Lipinski definition) is 4. The van der Waals surface area contributed by atoms with Crippen LogP contribution in [0.5, 0.6) is 5.75 Å². The molecule has 0 aliphatic carbocycles. The minimum Gasteiger partial charge on any atom is -0.490 e. The molecule has 1 saturated heterocycles. The number of carbonyl (C=O) groups is 1. The van der Waals surface area contributed by atoms with Crippen LogP contribution in [-0.2, 0) is 14.8 Å². The molecule has 0 bridgehead atoms. The first-order valence-electron chi connectivity index (χ1n) is 8.72. The fraction of sp³-hybridized carbons (Fsp3) is 0.316. The number of carbonyl (C=O) groups excluding carboxylic acids is 1. The van der Waals surface area contributed by atoms with Gasteiger partial charge >= 0.3 is 0 Å². The Bertz CT molecular complexity index is 953. The average molecular weight is 427 g/mol. The molecule has 0 saturated carbocycles. The van der Waals surface area contributed by atoms with Crippen LogP contribution >= 0.6 is 11.6 Å². The highest BCUT2D eigenvalue weighted by Gasteiger charge is 2.37. The Morgan fingerprint density at radius 3 is 2.61 bits per heavy atom. The number of piperidine rings is 1. The van der Waals surface area contributed by atoms with Crippen molar-refractivity contribution in [3.63, 3.8) is 0 Å². The smallest absolute Gasteiger partial charge is 0.243 e. The van der Waals surface area contributed by atoms with E-state index in [9.17, 15) is 17.6 Å². The van der Waals surface area contributed by atoms with Crippen LogP contribution in [0.25, 0.3) is 0 Å².